The van der Waals surface area contributed by atoms with Crippen LogP contribution in [-0.4, -0.2) is 49.0 Å². The largest absolute Gasteiger partial charge is 0.389 e. The predicted molar refractivity (Wildman–Crippen MR) is 62.0 cm³/mol. The Morgan fingerprint density at radius 1 is 1.33 bits per heavy atom. The van der Waals surface area contributed by atoms with Crippen molar-refractivity contribution in [2.75, 3.05) is 33.4 Å². The van der Waals surface area contributed by atoms with Crippen molar-refractivity contribution in [1.82, 2.24) is 4.90 Å². The molecule has 0 atom stereocenters. The van der Waals surface area contributed by atoms with Gasteiger partial charge in [0.2, 0.25) is 0 Å². The summed E-state index contributed by atoms with van der Waals surface area (Å²) in [5, 5.41) is 9.66. The molecule has 90 valence electrons. The summed E-state index contributed by atoms with van der Waals surface area (Å²) in [5.41, 5.74) is -0.579. The minimum atomic E-state index is -0.579. The Labute approximate surface area is 93.4 Å². The molecule has 0 aliphatic carbocycles. The second-order valence-electron chi connectivity index (χ2n) is 5.39. The fraction of sp³-hybridized carbons (Fsp3) is 1.00. The first-order chi connectivity index (χ1) is 6.97. The first-order valence-electron chi connectivity index (χ1n) is 5.96. The third-order valence-electron chi connectivity index (χ3n) is 2.92. The molecule has 3 heteroatoms. The van der Waals surface area contributed by atoms with Crippen LogP contribution in [0.1, 0.15) is 33.1 Å². The number of likely N-dealkylation sites (N-methyl/N-ethyl adjacent to an activating group) is 1. The summed E-state index contributed by atoms with van der Waals surface area (Å²) in [6.07, 6.45) is 3.64. The van der Waals surface area contributed by atoms with Crippen molar-refractivity contribution < 1.29 is 9.84 Å². The number of nitrogens with zero attached hydrogens (tertiary/aromatic N) is 1. The minimum absolute atomic E-state index is 0.579. The van der Waals surface area contributed by atoms with Gasteiger partial charge in [-0.2, -0.15) is 0 Å². The molecule has 1 aliphatic heterocycles. The van der Waals surface area contributed by atoms with Crippen molar-refractivity contribution in [3.8, 4) is 0 Å². The van der Waals surface area contributed by atoms with Crippen LogP contribution in [0.15, 0.2) is 0 Å². The molecule has 1 rings (SSSR count). The maximum Gasteiger partial charge on any atom is 0.0718 e. The van der Waals surface area contributed by atoms with Gasteiger partial charge in [0.15, 0.2) is 0 Å². The maximum atomic E-state index is 9.66. The zero-order chi connectivity index (χ0) is 11.3. The Kier molecular flexibility index (Phi) is 5.03. The number of ether oxygens (including phenoxy) is 1. The van der Waals surface area contributed by atoms with E-state index in [0.29, 0.717) is 0 Å². The average molecular weight is 215 g/mol. The van der Waals surface area contributed by atoms with Gasteiger partial charge in [0.1, 0.15) is 0 Å². The monoisotopic (exact) mass is 215 g/mol. The van der Waals surface area contributed by atoms with Crippen molar-refractivity contribution in [2.24, 2.45) is 5.92 Å². The molecule has 0 radical (unpaired) electrons. The second-order valence-corrected chi connectivity index (χ2v) is 5.39. The summed E-state index contributed by atoms with van der Waals surface area (Å²) in [6.45, 7) is 7.40. The van der Waals surface area contributed by atoms with Crippen LogP contribution < -0.4 is 0 Å². The molecule has 0 aromatic heterocycles. The van der Waals surface area contributed by atoms with Gasteiger partial charge in [0.25, 0.3) is 0 Å². The third-order valence-corrected chi connectivity index (χ3v) is 2.92. The highest BCUT2D eigenvalue weighted by atomic mass is 16.5. The van der Waals surface area contributed by atoms with Gasteiger partial charge >= 0.3 is 0 Å². The molecular weight excluding hydrogens is 190 g/mol. The van der Waals surface area contributed by atoms with Gasteiger partial charge in [0, 0.05) is 19.8 Å². The van der Waals surface area contributed by atoms with E-state index in [1.54, 1.807) is 0 Å². The van der Waals surface area contributed by atoms with Crippen LogP contribution in [0, 0.1) is 5.92 Å². The lowest BCUT2D eigenvalue weighted by Crippen LogP contribution is -2.37. The first-order valence-corrected chi connectivity index (χ1v) is 5.96. The molecule has 1 saturated heterocycles. The van der Waals surface area contributed by atoms with Gasteiger partial charge in [0.05, 0.1) is 5.60 Å². The van der Waals surface area contributed by atoms with E-state index in [1.807, 2.05) is 13.8 Å². The van der Waals surface area contributed by atoms with E-state index in [2.05, 4.69) is 11.9 Å². The maximum absolute atomic E-state index is 9.66. The van der Waals surface area contributed by atoms with Gasteiger partial charge < -0.3 is 14.7 Å². The summed E-state index contributed by atoms with van der Waals surface area (Å²) in [7, 11) is 2.08. The zero-order valence-electron chi connectivity index (χ0n) is 10.3. The highest BCUT2D eigenvalue weighted by molar-refractivity contribution is 4.71. The van der Waals surface area contributed by atoms with Crippen LogP contribution in [0.3, 0.4) is 0 Å². The Morgan fingerprint density at radius 2 is 1.93 bits per heavy atom. The predicted octanol–water partition coefficient (Wildman–Crippen LogP) is 1.51. The van der Waals surface area contributed by atoms with Crippen LogP contribution >= 0.6 is 0 Å². The summed E-state index contributed by atoms with van der Waals surface area (Å²) in [4.78, 5) is 2.22. The smallest absolute Gasteiger partial charge is 0.0718 e. The number of rotatable bonds is 5. The van der Waals surface area contributed by atoms with Gasteiger partial charge in [-0.25, -0.2) is 0 Å². The lowest BCUT2D eigenvalue weighted by Gasteiger charge is -2.28. The van der Waals surface area contributed by atoms with Crippen LogP contribution in [0.2, 0.25) is 0 Å². The molecule has 1 N–H and O–H groups in total. The fourth-order valence-corrected chi connectivity index (χ4v) is 2.18. The summed E-state index contributed by atoms with van der Waals surface area (Å²) in [6, 6.07) is 0. The van der Waals surface area contributed by atoms with Crippen LogP contribution in [0.5, 0.6) is 0 Å². The van der Waals surface area contributed by atoms with E-state index >= 15 is 0 Å². The van der Waals surface area contributed by atoms with Gasteiger partial charge in [-0.1, -0.05) is 0 Å². The van der Waals surface area contributed by atoms with Crippen molar-refractivity contribution in [3.05, 3.63) is 0 Å². The van der Waals surface area contributed by atoms with E-state index < -0.39 is 5.60 Å². The Bertz CT molecular complexity index is 171. The molecule has 0 saturated carbocycles. The third kappa shape index (κ3) is 6.13. The van der Waals surface area contributed by atoms with Crippen LogP contribution in [-0.2, 0) is 4.74 Å². The highest BCUT2D eigenvalue weighted by Crippen LogP contribution is 2.18. The number of hydrogen-bond acceptors (Lipinski definition) is 3. The zero-order valence-corrected chi connectivity index (χ0v) is 10.3. The van der Waals surface area contributed by atoms with Gasteiger partial charge in [-0.15, -0.1) is 0 Å². The van der Waals surface area contributed by atoms with E-state index in [0.717, 1.165) is 32.2 Å². The molecule has 1 fully saturated rings. The molecule has 1 heterocycles. The normalized spacial score (nSPS) is 19.8. The minimum Gasteiger partial charge on any atom is -0.389 e. The molecule has 0 bridgehead atoms. The molecule has 0 unspecified atom stereocenters. The molecule has 1 aliphatic rings. The standard InChI is InChI=1S/C12H25NO2/c1-12(2,14)10-13(3)7-4-11-5-8-15-9-6-11/h11,14H,4-10H2,1-3H3. The van der Waals surface area contributed by atoms with Crippen molar-refractivity contribution >= 4 is 0 Å². The van der Waals surface area contributed by atoms with Crippen molar-refractivity contribution in [2.45, 2.75) is 38.7 Å². The second kappa shape index (κ2) is 5.83. The van der Waals surface area contributed by atoms with E-state index in [9.17, 15) is 5.11 Å². The topological polar surface area (TPSA) is 32.7 Å². The summed E-state index contributed by atoms with van der Waals surface area (Å²) >= 11 is 0. The lowest BCUT2D eigenvalue weighted by molar-refractivity contribution is 0.0356. The average Bonchev–Trinajstić information content (AvgIpc) is 2.14. The Hall–Kier alpha value is -0.120. The summed E-state index contributed by atoms with van der Waals surface area (Å²) in [5.74, 6) is 0.822. The van der Waals surface area contributed by atoms with E-state index in [4.69, 9.17) is 4.74 Å². The van der Waals surface area contributed by atoms with Gasteiger partial charge in [-0.05, 0) is 52.6 Å². The quantitative estimate of drug-likeness (QED) is 0.754. The molecule has 0 amide bonds. The van der Waals surface area contributed by atoms with E-state index in [-0.39, 0.29) is 0 Å². The lowest BCUT2D eigenvalue weighted by atomic mass is 9.96. The molecular formula is C12H25NO2. The van der Waals surface area contributed by atoms with Crippen LogP contribution in [0.25, 0.3) is 0 Å². The molecule has 15 heavy (non-hydrogen) atoms. The number of hydrogen-bond donors (Lipinski definition) is 1. The van der Waals surface area contributed by atoms with E-state index in [1.165, 1.54) is 19.3 Å². The first kappa shape index (κ1) is 12.9. The molecule has 0 spiro atoms. The Morgan fingerprint density at radius 3 is 2.47 bits per heavy atom. The highest BCUT2D eigenvalue weighted by Gasteiger charge is 2.18. The van der Waals surface area contributed by atoms with Crippen molar-refractivity contribution in [3.63, 3.8) is 0 Å². The van der Waals surface area contributed by atoms with Crippen LogP contribution in [0.4, 0.5) is 0 Å². The number of aliphatic hydroxyl groups is 1. The van der Waals surface area contributed by atoms with Crippen molar-refractivity contribution in [1.29, 1.82) is 0 Å². The SMILES string of the molecule is CN(CCC1CCOCC1)CC(C)(C)O. The summed E-state index contributed by atoms with van der Waals surface area (Å²) < 4.78 is 5.33. The fourth-order valence-electron chi connectivity index (χ4n) is 2.18. The molecule has 0 aromatic carbocycles. The van der Waals surface area contributed by atoms with Gasteiger partial charge in [-0.3, -0.25) is 0 Å². The Balaban J connectivity index is 2.12. The molecule has 3 nitrogen and oxygen atoms in total. The molecule has 0 aromatic rings.